The molecule has 0 atom stereocenters. The lowest BCUT2D eigenvalue weighted by Crippen LogP contribution is -2.46. The van der Waals surface area contributed by atoms with E-state index in [0.717, 1.165) is 12.8 Å². The van der Waals surface area contributed by atoms with E-state index in [9.17, 15) is 14.4 Å². The zero-order valence-corrected chi connectivity index (χ0v) is 9.73. The van der Waals surface area contributed by atoms with Gasteiger partial charge in [0.1, 0.15) is 0 Å². The fourth-order valence-electron chi connectivity index (χ4n) is 1.48. The van der Waals surface area contributed by atoms with E-state index in [1.165, 1.54) is 0 Å². The maximum atomic E-state index is 11.4. The Hall–Kier alpha value is -1.63. The van der Waals surface area contributed by atoms with Gasteiger partial charge in [-0.15, -0.1) is 0 Å². The maximum Gasteiger partial charge on any atom is 0.321 e. The molecule has 1 fully saturated rings. The average Bonchev–Trinajstić information content (AvgIpc) is 2.98. The Morgan fingerprint density at radius 2 is 1.94 bits per heavy atom. The molecule has 0 heterocycles. The van der Waals surface area contributed by atoms with Crippen LogP contribution in [-0.2, 0) is 9.59 Å². The molecule has 0 aromatic rings. The highest BCUT2D eigenvalue weighted by Crippen LogP contribution is 2.26. The van der Waals surface area contributed by atoms with Crippen molar-refractivity contribution in [1.82, 2.24) is 15.5 Å². The number of amides is 3. The zero-order valence-electron chi connectivity index (χ0n) is 9.73. The molecule has 1 aliphatic rings. The highest BCUT2D eigenvalue weighted by Gasteiger charge is 2.31. The normalized spacial score (nSPS) is 14.5. The van der Waals surface area contributed by atoms with E-state index in [1.807, 2.05) is 0 Å². The Balaban J connectivity index is 2.35. The molecule has 3 N–H and O–H groups in total. The number of carbonyl (C=O) groups excluding carboxylic acids is 2. The van der Waals surface area contributed by atoms with Crippen molar-refractivity contribution in [2.24, 2.45) is 0 Å². The molecule has 17 heavy (non-hydrogen) atoms. The van der Waals surface area contributed by atoms with Crippen LogP contribution < -0.4 is 10.6 Å². The molecule has 7 nitrogen and oxygen atoms in total. The average molecular weight is 243 g/mol. The van der Waals surface area contributed by atoms with E-state index in [2.05, 4.69) is 10.6 Å². The van der Waals surface area contributed by atoms with Crippen molar-refractivity contribution in [3.8, 4) is 0 Å². The predicted octanol–water partition coefficient (Wildman–Crippen LogP) is -0.619. The molecular weight excluding hydrogens is 226 g/mol. The summed E-state index contributed by atoms with van der Waals surface area (Å²) in [5.41, 5.74) is 0. The minimum atomic E-state index is -0.970. The van der Waals surface area contributed by atoms with Crippen molar-refractivity contribution in [2.45, 2.75) is 25.8 Å². The first kappa shape index (κ1) is 13.4. The number of hydrogen-bond acceptors (Lipinski definition) is 4. The lowest BCUT2D eigenvalue weighted by Gasteiger charge is -2.18. The van der Waals surface area contributed by atoms with Crippen LogP contribution in [0.3, 0.4) is 0 Å². The fraction of sp³-hybridized carbons (Fsp3) is 0.700. The molecule has 1 saturated carbocycles. The van der Waals surface area contributed by atoms with E-state index in [0.29, 0.717) is 6.54 Å². The van der Waals surface area contributed by atoms with Gasteiger partial charge in [0, 0.05) is 12.6 Å². The molecule has 7 heteroatoms. The lowest BCUT2D eigenvalue weighted by molar-refractivity contribution is -0.138. The van der Waals surface area contributed by atoms with Gasteiger partial charge in [-0.3, -0.25) is 19.8 Å². The van der Waals surface area contributed by atoms with Gasteiger partial charge in [0.05, 0.1) is 13.1 Å². The lowest BCUT2D eigenvalue weighted by atomic mass is 10.4. The fourth-order valence-corrected chi connectivity index (χ4v) is 1.48. The summed E-state index contributed by atoms with van der Waals surface area (Å²) in [4.78, 5) is 34.7. The quantitative estimate of drug-likeness (QED) is 0.577. The van der Waals surface area contributed by atoms with Crippen LogP contribution in [0.15, 0.2) is 0 Å². The molecular formula is C10H17N3O4. The maximum absolute atomic E-state index is 11.4. The Labute approximate surface area is 99.2 Å². The summed E-state index contributed by atoms with van der Waals surface area (Å²) < 4.78 is 0. The van der Waals surface area contributed by atoms with Gasteiger partial charge in [0.2, 0.25) is 5.91 Å². The van der Waals surface area contributed by atoms with Gasteiger partial charge in [-0.2, -0.15) is 0 Å². The molecule has 0 spiro atoms. The summed E-state index contributed by atoms with van der Waals surface area (Å²) in [6.07, 6.45) is 1.81. The van der Waals surface area contributed by atoms with Crippen molar-refractivity contribution in [3.63, 3.8) is 0 Å². The first-order chi connectivity index (χ1) is 8.02. The van der Waals surface area contributed by atoms with Crippen molar-refractivity contribution in [3.05, 3.63) is 0 Å². The van der Waals surface area contributed by atoms with Crippen LogP contribution in [0.5, 0.6) is 0 Å². The van der Waals surface area contributed by atoms with E-state index in [1.54, 1.807) is 11.8 Å². The minimum absolute atomic E-state index is 0.0614. The van der Waals surface area contributed by atoms with Gasteiger partial charge in [-0.25, -0.2) is 4.79 Å². The number of carboxylic acids is 1. The SMILES string of the molecule is CCNC(=O)NC(=O)CN(CC(=O)O)C1CC1. The van der Waals surface area contributed by atoms with Crippen LogP contribution in [0.1, 0.15) is 19.8 Å². The molecule has 0 unspecified atom stereocenters. The van der Waals surface area contributed by atoms with Gasteiger partial charge >= 0.3 is 12.0 Å². The first-order valence-corrected chi connectivity index (χ1v) is 5.56. The molecule has 1 aliphatic carbocycles. The van der Waals surface area contributed by atoms with E-state index in [4.69, 9.17) is 5.11 Å². The number of carbonyl (C=O) groups is 3. The molecule has 0 saturated heterocycles. The number of urea groups is 1. The molecule has 0 aromatic carbocycles. The minimum Gasteiger partial charge on any atom is -0.480 e. The van der Waals surface area contributed by atoms with E-state index < -0.39 is 17.9 Å². The Bertz CT molecular complexity index is 315. The molecule has 96 valence electrons. The summed E-state index contributed by atoms with van der Waals surface area (Å²) in [5, 5.41) is 13.3. The topological polar surface area (TPSA) is 98.7 Å². The molecule has 0 aromatic heterocycles. The number of nitrogens with one attached hydrogen (secondary N) is 2. The molecule has 0 bridgehead atoms. The third-order valence-electron chi connectivity index (χ3n) is 2.34. The van der Waals surface area contributed by atoms with Crippen LogP contribution in [0.25, 0.3) is 0 Å². The summed E-state index contributed by atoms with van der Waals surface area (Å²) in [6, 6.07) is -0.394. The van der Waals surface area contributed by atoms with Gasteiger partial charge < -0.3 is 10.4 Å². The summed E-state index contributed by atoms with van der Waals surface area (Å²) in [6.45, 7) is 1.94. The molecule has 1 rings (SSSR count). The monoisotopic (exact) mass is 243 g/mol. The van der Waals surface area contributed by atoms with Crippen LogP contribution in [0, 0.1) is 0 Å². The third-order valence-corrected chi connectivity index (χ3v) is 2.34. The van der Waals surface area contributed by atoms with E-state index >= 15 is 0 Å². The highest BCUT2D eigenvalue weighted by molar-refractivity contribution is 5.95. The predicted molar refractivity (Wildman–Crippen MR) is 59.4 cm³/mol. The van der Waals surface area contributed by atoms with Crippen LogP contribution in [0.2, 0.25) is 0 Å². The number of rotatable bonds is 6. The van der Waals surface area contributed by atoms with Gasteiger partial charge in [-0.05, 0) is 19.8 Å². The van der Waals surface area contributed by atoms with Crippen molar-refractivity contribution in [2.75, 3.05) is 19.6 Å². The van der Waals surface area contributed by atoms with Gasteiger partial charge in [0.25, 0.3) is 0 Å². The summed E-state index contributed by atoms with van der Waals surface area (Å²) >= 11 is 0. The second kappa shape index (κ2) is 6.19. The first-order valence-electron chi connectivity index (χ1n) is 5.56. The zero-order chi connectivity index (χ0) is 12.8. The second-order valence-corrected chi connectivity index (χ2v) is 3.94. The molecule has 0 radical (unpaired) electrons. The highest BCUT2D eigenvalue weighted by atomic mass is 16.4. The Kier molecular flexibility index (Phi) is 4.89. The Morgan fingerprint density at radius 3 is 2.41 bits per heavy atom. The third kappa shape index (κ3) is 5.30. The molecule has 3 amide bonds. The van der Waals surface area contributed by atoms with Crippen LogP contribution in [-0.4, -0.2) is 53.6 Å². The number of carboxylic acid groups (broad SMARTS) is 1. The van der Waals surface area contributed by atoms with Crippen molar-refractivity contribution < 1.29 is 19.5 Å². The smallest absolute Gasteiger partial charge is 0.321 e. The van der Waals surface area contributed by atoms with Crippen LogP contribution in [0.4, 0.5) is 4.79 Å². The van der Waals surface area contributed by atoms with Crippen LogP contribution >= 0.6 is 0 Å². The second-order valence-electron chi connectivity index (χ2n) is 3.94. The Morgan fingerprint density at radius 1 is 1.29 bits per heavy atom. The number of aliphatic carboxylic acids is 1. The number of nitrogens with zero attached hydrogens (tertiary/aromatic N) is 1. The largest absolute Gasteiger partial charge is 0.480 e. The summed E-state index contributed by atoms with van der Waals surface area (Å²) in [5.74, 6) is -1.45. The molecule has 0 aliphatic heterocycles. The standard InChI is InChI=1S/C10H17N3O4/c1-2-11-10(17)12-8(14)5-13(6-9(15)16)7-3-4-7/h7H,2-6H2,1H3,(H,15,16)(H2,11,12,14,17). The number of imide groups is 1. The van der Waals surface area contributed by atoms with Crippen molar-refractivity contribution >= 4 is 17.9 Å². The van der Waals surface area contributed by atoms with Gasteiger partial charge in [-0.1, -0.05) is 0 Å². The van der Waals surface area contributed by atoms with Gasteiger partial charge in [0.15, 0.2) is 0 Å². The van der Waals surface area contributed by atoms with E-state index in [-0.39, 0.29) is 19.1 Å². The number of hydrogen-bond donors (Lipinski definition) is 3. The van der Waals surface area contributed by atoms with Crippen molar-refractivity contribution in [1.29, 1.82) is 0 Å². The summed E-state index contributed by atoms with van der Waals surface area (Å²) in [7, 11) is 0.